The first-order valence-corrected chi connectivity index (χ1v) is 7.23. The minimum absolute atomic E-state index is 0.443. The Balaban J connectivity index is 2.75. The van der Waals surface area contributed by atoms with Gasteiger partial charge in [0.1, 0.15) is 0 Å². The van der Waals surface area contributed by atoms with Crippen molar-refractivity contribution in [3.05, 3.63) is 30.3 Å². The Morgan fingerprint density at radius 1 is 1.29 bits per heavy atom. The van der Waals surface area contributed by atoms with Gasteiger partial charge in [-0.15, -0.1) is 0 Å². The average Bonchev–Trinajstić information content (AvgIpc) is 2.39. The molecule has 0 N–H and O–H groups in total. The zero-order chi connectivity index (χ0) is 12.7. The lowest BCUT2D eigenvalue weighted by molar-refractivity contribution is 0.229. The van der Waals surface area contributed by atoms with E-state index in [1.54, 1.807) is 11.7 Å². The smallest absolute Gasteiger partial charge is 0.296 e. The maximum Gasteiger partial charge on any atom is 0.434 e. The number of hydrogen-bond donors (Lipinski definition) is 0. The summed E-state index contributed by atoms with van der Waals surface area (Å²) in [6, 6.07) is 9.42. The van der Waals surface area contributed by atoms with Gasteiger partial charge in [-0.25, -0.2) is 4.57 Å². The molecule has 0 aromatic heterocycles. The highest BCUT2D eigenvalue weighted by molar-refractivity contribution is 7.55. The molecule has 0 heterocycles. The van der Waals surface area contributed by atoms with Crippen LogP contribution in [0.5, 0.6) is 0 Å². The van der Waals surface area contributed by atoms with Crippen LogP contribution in [0.15, 0.2) is 30.3 Å². The largest absolute Gasteiger partial charge is 0.434 e. The molecule has 1 unspecified atom stereocenters. The molecule has 1 rings (SSSR count). The van der Waals surface area contributed by atoms with Crippen LogP contribution in [0.4, 0.5) is 5.69 Å². The van der Waals surface area contributed by atoms with Gasteiger partial charge in [0.2, 0.25) is 0 Å². The van der Waals surface area contributed by atoms with Crippen molar-refractivity contribution in [2.24, 2.45) is 0 Å². The number of benzene rings is 1. The predicted molar refractivity (Wildman–Crippen MR) is 70.3 cm³/mol. The van der Waals surface area contributed by atoms with Crippen molar-refractivity contribution in [2.45, 2.75) is 19.8 Å². The van der Waals surface area contributed by atoms with Crippen molar-refractivity contribution in [1.82, 2.24) is 0 Å². The number of rotatable bonds is 7. The van der Waals surface area contributed by atoms with Crippen LogP contribution in [0, 0.1) is 0 Å². The Bertz CT molecular complexity index is 369. The second-order valence-electron chi connectivity index (χ2n) is 3.70. The van der Waals surface area contributed by atoms with Crippen LogP contribution in [0.2, 0.25) is 0 Å². The molecule has 5 heteroatoms. The van der Waals surface area contributed by atoms with Crippen LogP contribution < -0.4 is 4.67 Å². The van der Waals surface area contributed by atoms with E-state index in [9.17, 15) is 4.57 Å². The highest BCUT2D eigenvalue weighted by Crippen LogP contribution is 2.52. The fraction of sp³-hybridized carbons (Fsp3) is 0.500. The molecule has 0 aliphatic heterocycles. The molecule has 0 aliphatic carbocycles. The van der Waals surface area contributed by atoms with Gasteiger partial charge in [0.25, 0.3) is 0 Å². The fourth-order valence-corrected chi connectivity index (χ4v) is 2.67. The minimum Gasteiger partial charge on any atom is -0.296 e. The third-order valence-corrected chi connectivity index (χ3v) is 4.42. The first-order chi connectivity index (χ1) is 8.14. The van der Waals surface area contributed by atoms with Crippen molar-refractivity contribution in [2.75, 3.05) is 25.4 Å². The van der Waals surface area contributed by atoms with E-state index in [4.69, 9.17) is 9.05 Å². The molecule has 1 aromatic rings. The van der Waals surface area contributed by atoms with Crippen molar-refractivity contribution in [1.29, 1.82) is 0 Å². The number of para-hydroxylation sites is 1. The number of anilines is 1. The molecule has 0 saturated heterocycles. The molecule has 0 amide bonds. The molecule has 0 radical (unpaired) electrons. The highest BCUT2D eigenvalue weighted by atomic mass is 31.2. The summed E-state index contributed by atoms with van der Waals surface area (Å²) in [5.41, 5.74) is 0.814. The molecule has 0 aliphatic rings. The molecule has 1 aromatic carbocycles. The summed E-state index contributed by atoms with van der Waals surface area (Å²) >= 11 is 0. The number of nitrogens with zero attached hydrogens (tertiary/aromatic N) is 1. The van der Waals surface area contributed by atoms with E-state index in [0.717, 1.165) is 18.5 Å². The van der Waals surface area contributed by atoms with Crippen LogP contribution in [-0.2, 0) is 13.6 Å². The molecular formula is C12H20NO3P. The summed E-state index contributed by atoms with van der Waals surface area (Å²) in [7, 11) is -0.0868. The maximum absolute atomic E-state index is 12.4. The molecule has 0 saturated carbocycles. The van der Waals surface area contributed by atoms with Gasteiger partial charge in [-0.1, -0.05) is 31.5 Å². The molecule has 4 nitrogen and oxygen atoms in total. The number of hydrogen-bond acceptors (Lipinski definition) is 3. The van der Waals surface area contributed by atoms with Crippen molar-refractivity contribution in [3.8, 4) is 0 Å². The summed E-state index contributed by atoms with van der Waals surface area (Å²) in [6.45, 7) is 2.50. The van der Waals surface area contributed by atoms with Crippen molar-refractivity contribution >= 4 is 13.4 Å². The van der Waals surface area contributed by atoms with Gasteiger partial charge in [-0.05, 0) is 18.6 Å². The second-order valence-corrected chi connectivity index (χ2v) is 5.86. The van der Waals surface area contributed by atoms with Crippen LogP contribution in [0.25, 0.3) is 0 Å². The van der Waals surface area contributed by atoms with Gasteiger partial charge in [-0.2, -0.15) is 0 Å². The zero-order valence-electron chi connectivity index (χ0n) is 10.6. The topological polar surface area (TPSA) is 38.8 Å². The maximum atomic E-state index is 12.4. The van der Waals surface area contributed by atoms with E-state index >= 15 is 0 Å². The summed E-state index contributed by atoms with van der Waals surface area (Å²) in [6.07, 6.45) is 1.87. The Morgan fingerprint density at radius 2 is 1.94 bits per heavy atom. The first kappa shape index (κ1) is 14.2. The monoisotopic (exact) mass is 257 g/mol. The quantitative estimate of drug-likeness (QED) is 0.551. The van der Waals surface area contributed by atoms with E-state index in [0.29, 0.717) is 6.61 Å². The van der Waals surface area contributed by atoms with Crippen molar-refractivity contribution < 1.29 is 13.6 Å². The van der Waals surface area contributed by atoms with Crippen LogP contribution >= 0.6 is 7.75 Å². The molecule has 96 valence electrons. The van der Waals surface area contributed by atoms with Crippen LogP contribution in [0.1, 0.15) is 19.8 Å². The highest BCUT2D eigenvalue weighted by Gasteiger charge is 2.29. The molecule has 1 atom stereocenters. The standard InChI is InChI=1S/C12H20NO3P/c1-4-5-11-16-17(14,15-3)13(2)12-9-7-6-8-10-12/h6-10H,4-5,11H2,1-3H3. The van der Waals surface area contributed by atoms with Gasteiger partial charge < -0.3 is 0 Å². The lowest BCUT2D eigenvalue weighted by Gasteiger charge is -2.27. The molecule has 0 spiro atoms. The molecule has 17 heavy (non-hydrogen) atoms. The minimum atomic E-state index is -3.21. The van der Waals surface area contributed by atoms with E-state index in [1.165, 1.54) is 7.11 Å². The molecular weight excluding hydrogens is 237 g/mol. The van der Waals surface area contributed by atoms with Crippen LogP contribution in [0.3, 0.4) is 0 Å². The molecule has 0 bridgehead atoms. The van der Waals surface area contributed by atoms with E-state index in [-0.39, 0.29) is 0 Å². The van der Waals surface area contributed by atoms with Gasteiger partial charge in [0.15, 0.2) is 0 Å². The number of unbranched alkanes of at least 4 members (excludes halogenated alkanes) is 1. The Hall–Kier alpha value is -0.830. The SMILES string of the molecule is CCCCOP(=O)(OC)N(C)c1ccccc1. The second kappa shape index (κ2) is 6.80. The van der Waals surface area contributed by atoms with Gasteiger partial charge in [0, 0.05) is 19.8 Å². The summed E-state index contributed by atoms with van der Waals surface area (Å²) in [4.78, 5) is 0. The van der Waals surface area contributed by atoms with Crippen LogP contribution in [-0.4, -0.2) is 20.8 Å². The predicted octanol–water partition coefficient (Wildman–Crippen LogP) is 3.69. The lowest BCUT2D eigenvalue weighted by atomic mass is 10.3. The zero-order valence-corrected chi connectivity index (χ0v) is 11.5. The van der Waals surface area contributed by atoms with Gasteiger partial charge in [0.05, 0.1) is 6.61 Å². The van der Waals surface area contributed by atoms with E-state index in [1.807, 2.05) is 30.3 Å². The Labute approximate surface area is 103 Å². The van der Waals surface area contributed by atoms with E-state index < -0.39 is 7.75 Å². The third kappa shape index (κ3) is 3.84. The van der Waals surface area contributed by atoms with Gasteiger partial charge in [-0.3, -0.25) is 13.7 Å². The summed E-state index contributed by atoms with van der Waals surface area (Å²) in [5.74, 6) is 0. The first-order valence-electron chi connectivity index (χ1n) is 5.73. The Kier molecular flexibility index (Phi) is 5.69. The van der Waals surface area contributed by atoms with Gasteiger partial charge >= 0.3 is 7.75 Å². The van der Waals surface area contributed by atoms with Crippen molar-refractivity contribution in [3.63, 3.8) is 0 Å². The average molecular weight is 257 g/mol. The molecule has 0 fully saturated rings. The summed E-state index contributed by atoms with van der Waals surface area (Å²) < 4.78 is 24.5. The summed E-state index contributed by atoms with van der Waals surface area (Å²) in [5, 5.41) is 0. The third-order valence-electron chi connectivity index (χ3n) is 2.48. The van der Waals surface area contributed by atoms with E-state index in [2.05, 4.69) is 6.92 Å². The normalized spacial score (nSPS) is 14.3. The fourth-order valence-electron chi connectivity index (χ4n) is 1.37. The Morgan fingerprint density at radius 3 is 2.47 bits per heavy atom. The lowest BCUT2D eigenvalue weighted by Crippen LogP contribution is -2.17.